The topological polar surface area (TPSA) is 95.6 Å². The smallest absolute Gasteiger partial charge is 0.338 e. The van der Waals surface area contributed by atoms with E-state index in [2.05, 4.69) is 16.8 Å². The van der Waals surface area contributed by atoms with Gasteiger partial charge in [0, 0.05) is 25.2 Å². The zero-order valence-electron chi connectivity index (χ0n) is 20.2. The van der Waals surface area contributed by atoms with Gasteiger partial charge in [0.15, 0.2) is 6.61 Å². The predicted octanol–water partition coefficient (Wildman–Crippen LogP) is 3.68. The molecule has 1 aliphatic rings. The van der Waals surface area contributed by atoms with E-state index in [9.17, 15) is 9.59 Å². The molecule has 3 rings (SSSR count). The largest absolute Gasteiger partial charge is 0.492 e. The van der Waals surface area contributed by atoms with E-state index in [0.29, 0.717) is 61.5 Å². The van der Waals surface area contributed by atoms with Crippen molar-refractivity contribution in [1.82, 2.24) is 0 Å². The van der Waals surface area contributed by atoms with Crippen molar-refractivity contribution in [3.05, 3.63) is 54.6 Å². The first-order valence-electron chi connectivity index (χ1n) is 11.6. The molecule has 0 unspecified atom stereocenters. The third kappa shape index (κ3) is 7.38. The number of amides is 1. The Labute approximate surface area is 205 Å². The number of ether oxygens (including phenoxy) is 5. The molecule has 9 nitrogen and oxygen atoms in total. The highest BCUT2D eigenvalue weighted by atomic mass is 16.5. The van der Waals surface area contributed by atoms with Crippen molar-refractivity contribution in [2.24, 2.45) is 0 Å². The average molecular weight is 485 g/mol. The van der Waals surface area contributed by atoms with Crippen LogP contribution in [0.5, 0.6) is 17.2 Å². The normalized spacial score (nSPS) is 13.0. The molecule has 1 amide bonds. The number of rotatable bonds is 12. The molecule has 0 aliphatic carbocycles. The highest BCUT2D eigenvalue weighted by Gasteiger charge is 2.21. The SMILES string of the molecule is C=CCOc1ccc(C(=O)OCC(=O)Nc2cc(OCC)c(N3CCOCC3)cc2OCC)cc1. The van der Waals surface area contributed by atoms with Gasteiger partial charge in [0.25, 0.3) is 5.91 Å². The Morgan fingerprint density at radius 3 is 2.37 bits per heavy atom. The van der Waals surface area contributed by atoms with Crippen LogP contribution in [0.4, 0.5) is 11.4 Å². The first-order chi connectivity index (χ1) is 17.0. The maximum atomic E-state index is 12.6. The number of anilines is 2. The van der Waals surface area contributed by atoms with E-state index in [1.54, 1.807) is 36.4 Å². The van der Waals surface area contributed by atoms with Crippen LogP contribution in [0.1, 0.15) is 24.2 Å². The van der Waals surface area contributed by atoms with Crippen LogP contribution in [-0.2, 0) is 14.3 Å². The Kier molecular flexibility index (Phi) is 9.80. The Balaban J connectivity index is 1.67. The van der Waals surface area contributed by atoms with E-state index in [1.165, 1.54) is 0 Å². The van der Waals surface area contributed by atoms with Gasteiger partial charge < -0.3 is 33.9 Å². The molecule has 1 heterocycles. The minimum Gasteiger partial charge on any atom is -0.492 e. The van der Waals surface area contributed by atoms with Gasteiger partial charge in [-0.25, -0.2) is 4.79 Å². The van der Waals surface area contributed by atoms with Crippen molar-refractivity contribution in [2.45, 2.75) is 13.8 Å². The zero-order chi connectivity index (χ0) is 25.0. The second-order valence-corrected chi connectivity index (χ2v) is 7.53. The van der Waals surface area contributed by atoms with Gasteiger partial charge in [-0.05, 0) is 38.1 Å². The molecule has 188 valence electrons. The Hall–Kier alpha value is -3.72. The van der Waals surface area contributed by atoms with Crippen LogP contribution in [0.3, 0.4) is 0 Å². The summed E-state index contributed by atoms with van der Waals surface area (Å²) >= 11 is 0. The van der Waals surface area contributed by atoms with Gasteiger partial charge >= 0.3 is 5.97 Å². The van der Waals surface area contributed by atoms with Gasteiger partial charge in [-0.15, -0.1) is 0 Å². The van der Waals surface area contributed by atoms with Crippen molar-refractivity contribution in [3.8, 4) is 17.2 Å². The molecule has 2 aromatic rings. The summed E-state index contributed by atoms with van der Waals surface area (Å²) in [7, 11) is 0. The standard InChI is InChI=1S/C26H32N2O7/c1-4-13-34-20-9-7-19(8-10-20)26(30)35-18-25(29)27-21-16-24(33-6-3)22(17-23(21)32-5-2)28-11-14-31-15-12-28/h4,7-10,16-17H,1,5-6,11-15,18H2,2-3H3,(H,27,29). The van der Waals surface area contributed by atoms with Gasteiger partial charge in [0.2, 0.25) is 0 Å². The van der Waals surface area contributed by atoms with Crippen LogP contribution >= 0.6 is 0 Å². The third-order valence-electron chi connectivity index (χ3n) is 5.08. The number of nitrogens with zero attached hydrogens (tertiary/aromatic N) is 1. The van der Waals surface area contributed by atoms with Gasteiger partial charge in [0.1, 0.15) is 23.9 Å². The average Bonchev–Trinajstić information content (AvgIpc) is 2.88. The molecule has 0 radical (unpaired) electrons. The summed E-state index contributed by atoms with van der Waals surface area (Å²) in [5.41, 5.74) is 1.63. The summed E-state index contributed by atoms with van der Waals surface area (Å²) in [6.07, 6.45) is 1.63. The van der Waals surface area contributed by atoms with Crippen LogP contribution in [-0.4, -0.2) is 64.6 Å². The number of benzene rings is 2. The Morgan fingerprint density at radius 1 is 1.03 bits per heavy atom. The minimum atomic E-state index is -0.613. The lowest BCUT2D eigenvalue weighted by molar-refractivity contribution is -0.119. The lowest BCUT2D eigenvalue weighted by Gasteiger charge is -2.31. The number of carbonyl (C=O) groups excluding carboxylic acids is 2. The van der Waals surface area contributed by atoms with Gasteiger partial charge in [0.05, 0.1) is 43.4 Å². The lowest BCUT2D eigenvalue weighted by Crippen LogP contribution is -2.36. The number of carbonyl (C=O) groups is 2. The lowest BCUT2D eigenvalue weighted by atomic mass is 10.2. The van der Waals surface area contributed by atoms with E-state index in [0.717, 1.165) is 18.8 Å². The van der Waals surface area contributed by atoms with E-state index >= 15 is 0 Å². The Morgan fingerprint density at radius 2 is 1.71 bits per heavy atom. The summed E-state index contributed by atoms with van der Waals surface area (Å²) in [5.74, 6) is 0.634. The maximum Gasteiger partial charge on any atom is 0.338 e. The molecular weight excluding hydrogens is 452 g/mol. The second-order valence-electron chi connectivity index (χ2n) is 7.53. The molecule has 1 fully saturated rings. The first kappa shape index (κ1) is 25.9. The fourth-order valence-corrected chi connectivity index (χ4v) is 3.49. The molecule has 2 aromatic carbocycles. The van der Waals surface area contributed by atoms with Crippen molar-refractivity contribution in [1.29, 1.82) is 0 Å². The van der Waals surface area contributed by atoms with E-state index < -0.39 is 18.5 Å². The Bertz CT molecular complexity index is 1000. The molecule has 0 atom stereocenters. The molecule has 0 saturated carbocycles. The number of nitrogens with one attached hydrogen (secondary N) is 1. The monoisotopic (exact) mass is 484 g/mol. The van der Waals surface area contributed by atoms with Crippen LogP contribution in [0.25, 0.3) is 0 Å². The summed E-state index contributed by atoms with van der Waals surface area (Å²) in [6.45, 7) is 10.9. The van der Waals surface area contributed by atoms with E-state index in [4.69, 9.17) is 23.7 Å². The highest BCUT2D eigenvalue weighted by molar-refractivity contribution is 5.97. The molecular formula is C26H32N2O7. The fourth-order valence-electron chi connectivity index (χ4n) is 3.49. The molecule has 1 aliphatic heterocycles. The molecule has 1 saturated heterocycles. The summed E-state index contributed by atoms with van der Waals surface area (Å²) in [6, 6.07) is 10.0. The quantitative estimate of drug-likeness (QED) is 0.360. The number of morpholine rings is 1. The molecule has 0 spiro atoms. The number of hydrogen-bond acceptors (Lipinski definition) is 8. The summed E-state index contributed by atoms with van der Waals surface area (Å²) in [5, 5.41) is 2.77. The first-order valence-corrected chi connectivity index (χ1v) is 11.6. The predicted molar refractivity (Wildman–Crippen MR) is 133 cm³/mol. The van der Waals surface area contributed by atoms with Gasteiger partial charge in [-0.3, -0.25) is 4.79 Å². The van der Waals surface area contributed by atoms with Crippen molar-refractivity contribution >= 4 is 23.3 Å². The molecule has 9 heteroatoms. The van der Waals surface area contributed by atoms with Crippen molar-refractivity contribution < 1.29 is 33.3 Å². The van der Waals surface area contributed by atoms with Crippen molar-refractivity contribution in [2.75, 3.05) is 62.9 Å². The highest BCUT2D eigenvalue weighted by Crippen LogP contribution is 2.39. The van der Waals surface area contributed by atoms with Crippen LogP contribution in [0.2, 0.25) is 0 Å². The molecule has 0 bridgehead atoms. The number of hydrogen-bond donors (Lipinski definition) is 1. The summed E-state index contributed by atoms with van der Waals surface area (Å²) < 4.78 is 27.7. The van der Waals surface area contributed by atoms with Gasteiger partial charge in [-0.1, -0.05) is 12.7 Å². The molecule has 0 aromatic heterocycles. The fraction of sp³-hybridized carbons (Fsp3) is 0.385. The van der Waals surface area contributed by atoms with Crippen LogP contribution in [0, 0.1) is 0 Å². The second kappa shape index (κ2) is 13.2. The van der Waals surface area contributed by atoms with Crippen molar-refractivity contribution in [3.63, 3.8) is 0 Å². The van der Waals surface area contributed by atoms with E-state index in [-0.39, 0.29) is 0 Å². The number of esters is 1. The molecule has 35 heavy (non-hydrogen) atoms. The van der Waals surface area contributed by atoms with E-state index in [1.807, 2.05) is 19.9 Å². The van der Waals surface area contributed by atoms with Crippen LogP contribution in [0.15, 0.2) is 49.1 Å². The maximum absolute atomic E-state index is 12.6. The molecule has 1 N–H and O–H groups in total. The third-order valence-corrected chi connectivity index (χ3v) is 5.08. The summed E-state index contributed by atoms with van der Waals surface area (Å²) in [4.78, 5) is 27.1. The minimum absolute atomic E-state index is 0.312. The zero-order valence-corrected chi connectivity index (χ0v) is 20.2. The van der Waals surface area contributed by atoms with Crippen LogP contribution < -0.4 is 24.4 Å². The van der Waals surface area contributed by atoms with Gasteiger partial charge in [-0.2, -0.15) is 0 Å².